The molecule has 4 saturated carbocycles. The minimum Gasteiger partial charge on any atom is -0.465 e. The average Bonchev–Trinajstić information content (AvgIpc) is 3.10. The van der Waals surface area contributed by atoms with Gasteiger partial charge in [-0.25, -0.2) is 0 Å². The second-order valence-corrected chi connectivity index (χ2v) is 8.78. The first-order valence-electron chi connectivity index (χ1n) is 8.76. The molecule has 5 rings (SSSR count). The molecule has 1 heterocycles. The van der Waals surface area contributed by atoms with E-state index in [9.17, 15) is 4.79 Å². The Labute approximate surface area is 121 Å². The molecule has 20 heavy (non-hydrogen) atoms. The molecular weight excluding hydrogens is 248 g/mol. The van der Waals surface area contributed by atoms with Crippen molar-refractivity contribution in [1.82, 2.24) is 0 Å². The van der Waals surface area contributed by atoms with Crippen molar-refractivity contribution in [2.24, 2.45) is 65.1 Å². The number of fused-ring (bicyclic) bond motifs is 12. The molecule has 4 aliphatic carbocycles. The first-order chi connectivity index (χ1) is 9.59. The van der Waals surface area contributed by atoms with Crippen molar-refractivity contribution in [2.45, 2.75) is 33.6 Å². The van der Waals surface area contributed by atoms with Gasteiger partial charge in [0, 0.05) is 5.92 Å². The van der Waals surface area contributed by atoms with Crippen LogP contribution in [0.4, 0.5) is 0 Å². The van der Waals surface area contributed by atoms with Crippen molar-refractivity contribution >= 4 is 5.97 Å². The average molecular weight is 274 g/mol. The molecule has 1 aliphatic heterocycles. The number of hydrogen-bond acceptors (Lipinski definition) is 2. The van der Waals surface area contributed by atoms with Gasteiger partial charge in [0.25, 0.3) is 0 Å². The third-order valence-electron chi connectivity index (χ3n) is 8.22. The summed E-state index contributed by atoms with van der Waals surface area (Å²) in [5, 5.41) is 0. The summed E-state index contributed by atoms with van der Waals surface area (Å²) >= 11 is 0. The van der Waals surface area contributed by atoms with Gasteiger partial charge in [-0.15, -0.1) is 0 Å². The van der Waals surface area contributed by atoms with Crippen molar-refractivity contribution in [3.8, 4) is 0 Å². The molecule has 0 aromatic carbocycles. The number of carbonyl (C=O) groups is 1. The first-order valence-corrected chi connectivity index (χ1v) is 8.76. The Hall–Kier alpha value is -0.530. The lowest BCUT2D eigenvalue weighted by atomic mass is 9.58. The van der Waals surface area contributed by atoms with Crippen LogP contribution in [0.5, 0.6) is 0 Å². The predicted octanol–water partition coefficient (Wildman–Crippen LogP) is 3.22. The summed E-state index contributed by atoms with van der Waals surface area (Å²) < 4.78 is 5.42. The maximum atomic E-state index is 12.1. The fourth-order valence-electron chi connectivity index (χ4n) is 8.07. The highest BCUT2D eigenvalue weighted by atomic mass is 16.5. The van der Waals surface area contributed by atoms with Crippen molar-refractivity contribution in [2.75, 3.05) is 6.61 Å². The molecule has 10 atom stereocenters. The van der Waals surface area contributed by atoms with E-state index < -0.39 is 0 Å². The van der Waals surface area contributed by atoms with E-state index in [-0.39, 0.29) is 5.97 Å². The van der Waals surface area contributed by atoms with Gasteiger partial charge in [0.1, 0.15) is 0 Å². The van der Waals surface area contributed by atoms with Crippen molar-refractivity contribution in [3.05, 3.63) is 0 Å². The summed E-state index contributed by atoms with van der Waals surface area (Å²) in [6.07, 6.45) is 2.82. The second kappa shape index (κ2) is 3.62. The summed E-state index contributed by atoms with van der Waals surface area (Å²) in [6.45, 7) is 8.10. The highest BCUT2D eigenvalue weighted by Crippen LogP contribution is 2.74. The summed E-state index contributed by atoms with van der Waals surface area (Å²) in [5.41, 5.74) is 0. The fraction of sp³-hybridized carbons (Fsp3) is 0.944. The van der Waals surface area contributed by atoms with E-state index in [1.165, 1.54) is 12.8 Å². The molecule has 0 aromatic rings. The maximum absolute atomic E-state index is 12.1. The number of esters is 1. The molecular formula is C18H26O2. The standard InChI is InChI=1S/C18H26O2/c1-7(2)14-8(3)9-4-11(14)16-10-5-12(15(9)16)17-13(10)6-20-18(17)19/h7-17H,4-6H2,1-3H3. The van der Waals surface area contributed by atoms with Gasteiger partial charge >= 0.3 is 5.97 Å². The molecule has 1 saturated heterocycles. The molecule has 5 fully saturated rings. The second-order valence-electron chi connectivity index (χ2n) is 8.78. The molecule has 0 radical (unpaired) electrons. The zero-order chi connectivity index (χ0) is 13.8. The Morgan fingerprint density at radius 1 is 1.00 bits per heavy atom. The fourth-order valence-corrected chi connectivity index (χ4v) is 8.07. The molecule has 0 spiro atoms. The van der Waals surface area contributed by atoms with Gasteiger partial charge in [0.2, 0.25) is 0 Å². The van der Waals surface area contributed by atoms with E-state index in [1.54, 1.807) is 0 Å². The van der Waals surface area contributed by atoms with E-state index in [4.69, 9.17) is 4.74 Å². The van der Waals surface area contributed by atoms with E-state index >= 15 is 0 Å². The molecule has 0 N–H and O–H groups in total. The Morgan fingerprint density at radius 2 is 1.70 bits per heavy atom. The van der Waals surface area contributed by atoms with E-state index in [0.29, 0.717) is 17.8 Å². The topological polar surface area (TPSA) is 26.3 Å². The zero-order valence-corrected chi connectivity index (χ0v) is 12.8. The highest BCUT2D eigenvalue weighted by Gasteiger charge is 2.71. The maximum Gasteiger partial charge on any atom is 0.309 e. The van der Waals surface area contributed by atoms with Gasteiger partial charge in [0.15, 0.2) is 0 Å². The van der Waals surface area contributed by atoms with Gasteiger partial charge in [-0.2, -0.15) is 0 Å². The molecule has 10 unspecified atom stereocenters. The SMILES string of the molecule is CC(C)C1C(C)C2CC1C1C3CC(C4C(=O)OCC34)C21. The molecule has 110 valence electrons. The Kier molecular flexibility index (Phi) is 2.18. The van der Waals surface area contributed by atoms with Crippen LogP contribution >= 0.6 is 0 Å². The number of hydrogen-bond donors (Lipinski definition) is 0. The number of cyclic esters (lactones) is 1. The van der Waals surface area contributed by atoms with Crippen molar-refractivity contribution in [3.63, 3.8) is 0 Å². The van der Waals surface area contributed by atoms with Gasteiger partial charge in [-0.1, -0.05) is 20.8 Å². The van der Waals surface area contributed by atoms with Gasteiger partial charge in [-0.05, 0) is 66.1 Å². The zero-order valence-electron chi connectivity index (χ0n) is 12.8. The third kappa shape index (κ3) is 1.14. The van der Waals surface area contributed by atoms with Gasteiger partial charge < -0.3 is 4.74 Å². The minimum atomic E-state index is 0.150. The van der Waals surface area contributed by atoms with E-state index in [1.807, 2.05) is 0 Å². The lowest BCUT2D eigenvalue weighted by Crippen LogP contribution is -2.44. The normalized spacial score (nSPS) is 62.1. The Morgan fingerprint density at radius 3 is 2.45 bits per heavy atom. The van der Waals surface area contributed by atoms with Crippen LogP contribution in [0.15, 0.2) is 0 Å². The van der Waals surface area contributed by atoms with E-state index in [2.05, 4.69) is 20.8 Å². The predicted molar refractivity (Wildman–Crippen MR) is 75.6 cm³/mol. The van der Waals surface area contributed by atoms with Crippen LogP contribution in [0, 0.1) is 65.1 Å². The van der Waals surface area contributed by atoms with E-state index in [0.717, 1.165) is 54.0 Å². The van der Waals surface area contributed by atoms with Crippen LogP contribution in [0.1, 0.15) is 33.6 Å². The molecule has 5 aliphatic rings. The molecule has 2 heteroatoms. The molecule has 4 bridgehead atoms. The lowest BCUT2D eigenvalue weighted by molar-refractivity contribution is -0.143. The Balaban J connectivity index is 1.53. The monoisotopic (exact) mass is 274 g/mol. The number of carbonyl (C=O) groups excluding carboxylic acids is 1. The van der Waals surface area contributed by atoms with Crippen LogP contribution in [-0.4, -0.2) is 12.6 Å². The summed E-state index contributed by atoms with van der Waals surface area (Å²) in [4.78, 5) is 12.1. The van der Waals surface area contributed by atoms with Gasteiger partial charge in [0.05, 0.1) is 12.5 Å². The van der Waals surface area contributed by atoms with Crippen LogP contribution in [-0.2, 0) is 9.53 Å². The van der Waals surface area contributed by atoms with Crippen molar-refractivity contribution in [1.29, 1.82) is 0 Å². The smallest absolute Gasteiger partial charge is 0.309 e. The van der Waals surface area contributed by atoms with Crippen LogP contribution in [0.3, 0.4) is 0 Å². The molecule has 0 amide bonds. The molecule has 2 nitrogen and oxygen atoms in total. The quantitative estimate of drug-likeness (QED) is 0.542. The van der Waals surface area contributed by atoms with Crippen LogP contribution in [0.2, 0.25) is 0 Å². The number of rotatable bonds is 1. The summed E-state index contributed by atoms with van der Waals surface area (Å²) in [6, 6.07) is 0. The third-order valence-corrected chi connectivity index (χ3v) is 8.22. The van der Waals surface area contributed by atoms with Crippen LogP contribution in [0.25, 0.3) is 0 Å². The summed E-state index contributed by atoms with van der Waals surface area (Å²) in [5.74, 6) is 8.92. The minimum absolute atomic E-state index is 0.150. The highest BCUT2D eigenvalue weighted by molar-refractivity contribution is 5.76. The first kappa shape index (κ1) is 12.1. The summed E-state index contributed by atoms with van der Waals surface area (Å²) in [7, 11) is 0. The Bertz CT molecular complexity index is 470. The largest absolute Gasteiger partial charge is 0.465 e. The van der Waals surface area contributed by atoms with Crippen molar-refractivity contribution < 1.29 is 9.53 Å². The molecule has 0 aromatic heterocycles. The van der Waals surface area contributed by atoms with Crippen LogP contribution < -0.4 is 0 Å². The van der Waals surface area contributed by atoms with Gasteiger partial charge in [-0.3, -0.25) is 4.79 Å². The lowest BCUT2D eigenvalue weighted by Gasteiger charge is -2.46. The number of ether oxygens (including phenoxy) is 1.